The van der Waals surface area contributed by atoms with Crippen molar-refractivity contribution in [2.24, 2.45) is 0 Å². The van der Waals surface area contributed by atoms with Gasteiger partial charge in [0.15, 0.2) is 0 Å². The second-order valence-electron chi connectivity index (χ2n) is 5.60. The Labute approximate surface area is 114 Å². The van der Waals surface area contributed by atoms with Crippen molar-refractivity contribution in [1.29, 1.82) is 5.26 Å². The van der Waals surface area contributed by atoms with Gasteiger partial charge in [-0.1, -0.05) is 12.7 Å². The second kappa shape index (κ2) is 4.48. The van der Waals surface area contributed by atoms with Crippen LogP contribution in [0.1, 0.15) is 39.0 Å². The Bertz CT molecular complexity index is 545. The monoisotopic (exact) mass is 256 g/mol. The van der Waals surface area contributed by atoms with Crippen LogP contribution in [-0.4, -0.2) is 23.3 Å². The lowest BCUT2D eigenvalue weighted by Crippen LogP contribution is -2.41. The quantitative estimate of drug-likeness (QED) is 0.758. The van der Waals surface area contributed by atoms with Gasteiger partial charge in [-0.3, -0.25) is 0 Å². The van der Waals surface area contributed by atoms with Crippen LogP contribution in [0.15, 0.2) is 18.8 Å². The van der Waals surface area contributed by atoms with Gasteiger partial charge < -0.3 is 9.31 Å². The number of nitrogens with zero attached hydrogens (tertiary/aromatic N) is 2. The number of hydrogen-bond donors (Lipinski definition) is 0. The van der Waals surface area contributed by atoms with Gasteiger partial charge in [0, 0.05) is 11.7 Å². The average molecular weight is 256 g/mol. The largest absolute Gasteiger partial charge is 0.497 e. The summed E-state index contributed by atoms with van der Waals surface area (Å²) in [6, 6.07) is 3.70. The van der Waals surface area contributed by atoms with Gasteiger partial charge in [-0.25, -0.2) is 4.98 Å². The summed E-state index contributed by atoms with van der Waals surface area (Å²) in [6.45, 7) is 11.8. The third kappa shape index (κ3) is 2.29. The Morgan fingerprint density at radius 3 is 2.37 bits per heavy atom. The van der Waals surface area contributed by atoms with E-state index in [0.29, 0.717) is 5.69 Å². The summed E-state index contributed by atoms with van der Waals surface area (Å²) in [7, 11) is -0.488. The van der Waals surface area contributed by atoms with Gasteiger partial charge in [0.1, 0.15) is 11.8 Å². The summed E-state index contributed by atoms with van der Waals surface area (Å²) in [5.74, 6) is 0. The normalized spacial score (nSPS) is 20.1. The van der Waals surface area contributed by atoms with Crippen molar-refractivity contribution >= 4 is 18.7 Å². The predicted octanol–water partition coefficient (Wildman–Crippen LogP) is 1.90. The Hall–Kier alpha value is -1.64. The lowest BCUT2D eigenvalue weighted by Gasteiger charge is -2.32. The lowest BCUT2D eigenvalue weighted by molar-refractivity contribution is 0.00578. The standard InChI is InChI=1S/C14H17BN2O2/c1-6-10-7-11(8-16)17-9-12(10)15-18-13(2,3)14(4,5)19-15/h6-7,9H,1H2,2-5H3. The van der Waals surface area contributed by atoms with E-state index in [1.807, 2.05) is 33.8 Å². The Balaban J connectivity index is 2.40. The molecule has 0 atom stereocenters. The maximum absolute atomic E-state index is 8.87. The van der Waals surface area contributed by atoms with Crippen molar-refractivity contribution in [3.8, 4) is 6.07 Å². The van der Waals surface area contributed by atoms with E-state index >= 15 is 0 Å². The molecule has 4 nitrogen and oxygen atoms in total. The summed E-state index contributed by atoms with van der Waals surface area (Å²) in [5, 5.41) is 8.87. The molecule has 0 bridgehead atoms. The van der Waals surface area contributed by atoms with Crippen molar-refractivity contribution < 1.29 is 9.31 Å². The van der Waals surface area contributed by atoms with E-state index in [1.165, 1.54) is 0 Å². The van der Waals surface area contributed by atoms with E-state index in [1.54, 1.807) is 18.3 Å². The number of hydrogen-bond acceptors (Lipinski definition) is 4. The van der Waals surface area contributed by atoms with Crippen LogP contribution < -0.4 is 5.46 Å². The van der Waals surface area contributed by atoms with Gasteiger partial charge in [0.05, 0.1) is 11.2 Å². The molecule has 0 spiro atoms. The molecule has 98 valence electrons. The number of pyridine rings is 1. The molecule has 19 heavy (non-hydrogen) atoms. The highest BCUT2D eigenvalue weighted by Crippen LogP contribution is 2.36. The van der Waals surface area contributed by atoms with E-state index in [9.17, 15) is 0 Å². The van der Waals surface area contributed by atoms with Gasteiger partial charge in [0.2, 0.25) is 0 Å². The van der Waals surface area contributed by atoms with Crippen molar-refractivity contribution in [3.63, 3.8) is 0 Å². The third-order valence-electron chi connectivity index (χ3n) is 3.81. The molecule has 2 heterocycles. The Morgan fingerprint density at radius 1 is 1.32 bits per heavy atom. The molecule has 5 heteroatoms. The Kier molecular flexibility index (Phi) is 3.25. The molecule has 0 aliphatic carbocycles. The van der Waals surface area contributed by atoms with Gasteiger partial charge in [-0.2, -0.15) is 5.26 Å². The summed E-state index contributed by atoms with van der Waals surface area (Å²) in [4.78, 5) is 4.08. The molecular formula is C14H17BN2O2. The van der Waals surface area contributed by atoms with Gasteiger partial charge in [-0.05, 0) is 39.3 Å². The minimum Gasteiger partial charge on any atom is -0.399 e. The summed E-state index contributed by atoms with van der Waals surface area (Å²) in [6.07, 6.45) is 3.31. The lowest BCUT2D eigenvalue weighted by atomic mass is 9.77. The molecular weight excluding hydrogens is 239 g/mol. The molecule has 1 aromatic heterocycles. The van der Waals surface area contributed by atoms with Gasteiger partial charge >= 0.3 is 7.12 Å². The molecule has 0 aromatic carbocycles. The molecule has 1 aliphatic heterocycles. The first-order valence-corrected chi connectivity index (χ1v) is 6.19. The van der Waals surface area contributed by atoms with Crippen LogP contribution in [0.4, 0.5) is 0 Å². The number of rotatable bonds is 2. The first-order valence-electron chi connectivity index (χ1n) is 6.19. The first-order chi connectivity index (χ1) is 8.80. The molecule has 0 radical (unpaired) electrons. The highest BCUT2D eigenvalue weighted by Gasteiger charge is 2.52. The smallest absolute Gasteiger partial charge is 0.399 e. The zero-order valence-corrected chi connectivity index (χ0v) is 11.7. The number of aromatic nitrogens is 1. The van der Waals surface area contributed by atoms with Crippen molar-refractivity contribution in [2.45, 2.75) is 38.9 Å². The molecule has 1 saturated heterocycles. The van der Waals surface area contributed by atoms with Crippen molar-refractivity contribution in [3.05, 3.63) is 30.1 Å². The fourth-order valence-corrected chi connectivity index (χ4v) is 1.89. The minimum absolute atomic E-state index is 0.357. The van der Waals surface area contributed by atoms with E-state index < -0.39 is 18.3 Å². The van der Waals surface area contributed by atoms with Crippen LogP contribution in [-0.2, 0) is 9.31 Å². The zero-order valence-electron chi connectivity index (χ0n) is 11.7. The Morgan fingerprint density at radius 2 is 1.89 bits per heavy atom. The van der Waals surface area contributed by atoms with E-state index in [2.05, 4.69) is 11.6 Å². The average Bonchev–Trinajstić information content (AvgIpc) is 2.57. The van der Waals surface area contributed by atoms with Crippen LogP contribution in [0, 0.1) is 11.3 Å². The molecule has 2 rings (SSSR count). The molecule has 1 fully saturated rings. The topological polar surface area (TPSA) is 55.1 Å². The first kappa shape index (κ1) is 13.8. The summed E-state index contributed by atoms with van der Waals surface area (Å²) < 4.78 is 11.9. The third-order valence-corrected chi connectivity index (χ3v) is 3.81. The van der Waals surface area contributed by atoms with Crippen LogP contribution in [0.3, 0.4) is 0 Å². The molecule has 0 amide bonds. The van der Waals surface area contributed by atoms with Crippen LogP contribution >= 0.6 is 0 Å². The van der Waals surface area contributed by atoms with E-state index in [-0.39, 0.29) is 0 Å². The molecule has 0 unspecified atom stereocenters. The second-order valence-corrected chi connectivity index (χ2v) is 5.60. The van der Waals surface area contributed by atoms with E-state index in [0.717, 1.165) is 11.0 Å². The van der Waals surface area contributed by atoms with E-state index in [4.69, 9.17) is 14.6 Å². The van der Waals surface area contributed by atoms with Crippen molar-refractivity contribution in [2.75, 3.05) is 0 Å². The SMILES string of the molecule is C=Cc1cc(C#N)ncc1B1OC(C)(C)C(C)(C)O1. The highest BCUT2D eigenvalue weighted by atomic mass is 16.7. The molecule has 1 aromatic rings. The highest BCUT2D eigenvalue weighted by molar-refractivity contribution is 6.63. The van der Waals surface area contributed by atoms with Crippen LogP contribution in [0.2, 0.25) is 0 Å². The summed E-state index contributed by atoms with van der Waals surface area (Å²) >= 11 is 0. The molecule has 1 aliphatic rings. The van der Waals surface area contributed by atoms with Crippen molar-refractivity contribution in [1.82, 2.24) is 4.98 Å². The predicted molar refractivity (Wildman–Crippen MR) is 74.8 cm³/mol. The summed E-state index contributed by atoms with van der Waals surface area (Å²) in [5.41, 5.74) is 1.17. The number of nitriles is 1. The van der Waals surface area contributed by atoms with Gasteiger partial charge in [-0.15, -0.1) is 0 Å². The fraction of sp³-hybridized carbons (Fsp3) is 0.429. The zero-order chi connectivity index (χ0) is 14.3. The van der Waals surface area contributed by atoms with Crippen LogP contribution in [0.5, 0.6) is 0 Å². The maximum Gasteiger partial charge on any atom is 0.497 e. The van der Waals surface area contributed by atoms with Crippen LogP contribution in [0.25, 0.3) is 6.08 Å². The minimum atomic E-state index is -0.488. The van der Waals surface area contributed by atoms with Gasteiger partial charge in [0.25, 0.3) is 0 Å². The fourth-order valence-electron chi connectivity index (χ4n) is 1.89. The maximum atomic E-state index is 8.87. The molecule has 0 N–H and O–H groups in total. The molecule has 0 saturated carbocycles.